The molecule has 0 aliphatic rings. The lowest BCUT2D eigenvalue weighted by molar-refractivity contribution is 0.181. The predicted molar refractivity (Wildman–Crippen MR) is 56.8 cm³/mol. The lowest BCUT2D eigenvalue weighted by atomic mass is 10.3. The van der Waals surface area contributed by atoms with Crippen molar-refractivity contribution in [2.45, 2.75) is 6.61 Å². The number of aromatic amines is 1. The highest BCUT2D eigenvalue weighted by Crippen LogP contribution is 2.11. The third-order valence-electron chi connectivity index (χ3n) is 1.86. The largest absolute Gasteiger partial charge is 0.378 e. The van der Waals surface area contributed by atoms with Crippen molar-refractivity contribution in [3.8, 4) is 0 Å². The van der Waals surface area contributed by atoms with E-state index in [2.05, 4.69) is 20.5 Å². The molecule has 2 heterocycles. The van der Waals surface area contributed by atoms with E-state index in [1.807, 2.05) is 24.3 Å². The number of ether oxygens (including phenoxy) is 1. The summed E-state index contributed by atoms with van der Waals surface area (Å²) in [5.74, 6) is 1.51. The molecule has 0 radical (unpaired) electrons. The molecule has 0 spiro atoms. The lowest BCUT2D eigenvalue weighted by Gasteiger charge is -2.04. The van der Waals surface area contributed by atoms with E-state index in [0.717, 1.165) is 17.3 Å². The van der Waals surface area contributed by atoms with Crippen molar-refractivity contribution in [2.75, 3.05) is 12.4 Å². The summed E-state index contributed by atoms with van der Waals surface area (Å²) in [6.07, 6.45) is 1.75. The van der Waals surface area contributed by atoms with Gasteiger partial charge in [-0.1, -0.05) is 6.07 Å². The van der Waals surface area contributed by atoms with E-state index in [1.165, 1.54) is 0 Å². The Morgan fingerprint density at radius 2 is 2.27 bits per heavy atom. The minimum atomic E-state index is 0.510. The van der Waals surface area contributed by atoms with E-state index in [4.69, 9.17) is 4.74 Å². The number of nitrogens with zero attached hydrogens (tertiary/aromatic N) is 2. The molecule has 5 nitrogen and oxygen atoms in total. The van der Waals surface area contributed by atoms with Crippen molar-refractivity contribution in [2.24, 2.45) is 0 Å². The zero-order chi connectivity index (χ0) is 10.5. The number of pyridine rings is 1. The molecule has 2 N–H and O–H groups in total. The van der Waals surface area contributed by atoms with Crippen LogP contribution in [0.25, 0.3) is 0 Å². The topological polar surface area (TPSA) is 62.8 Å². The molecule has 0 saturated carbocycles. The standard InChI is InChI=1S/C10H12N4O/c1-15-7-8-3-2-4-9(12-8)13-10-5-6-11-14-10/h2-6H,7H2,1H3,(H2,11,12,13,14). The molecule has 0 aromatic carbocycles. The second-order valence-corrected chi connectivity index (χ2v) is 3.03. The van der Waals surface area contributed by atoms with Gasteiger partial charge in [0.15, 0.2) is 5.82 Å². The highest BCUT2D eigenvalue weighted by molar-refractivity contribution is 5.50. The third kappa shape index (κ3) is 2.54. The molecule has 15 heavy (non-hydrogen) atoms. The second kappa shape index (κ2) is 4.56. The maximum absolute atomic E-state index is 5.01. The molecule has 0 atom stereocenters. The second-order valence-electron chi connectivity index (χ2n) is 3.03. The minimum Gasteiger partial charge on any atom is -0.378 e. The third-order valence-corrected chi connectivity index (χ3v) is 1.86. The number of H-pyrrole nitrogens is 1. The van der Waals surface area contributed by atoms with E-state index in [1.54, 1.807) is 13.3 Å². The molecule has 2 rings (SSSR count). The normalized spacial score (nSPS) is 10.2. The Morgan fingerprint density at radius 1 is 1.33 bits per heavy atom. The average Bonchev–Trinajstić information content (AvgIpc) is 2.71. The van der Waals surface area contributed by atoms with Crippen LogP contribution in [0.1, 0.15) is 5.69 Å². The summed E-state index contributed by atoms with van der Waals surface area (Å²) in [5, 5.41) is 9.78. The van der Waals surface area contributed by atoms with Crippen LogP contribution in [-0.4, -0.2) is 22.3 Å². The summed E-state index contributed by atoms with van der Waals surface area (Å²) in [7, 11) is 1.65. The van der Waals surface area contributed by atoms with Gasteiger partial charge in [0.2, 0.25) is 0 Å². The van der Waals surface area contributed by atoms with Crippen molar-refractivity contribution < 1.29 is 4.74 Å². The Bertz CT molecular complexity index is 413. The van der Waals surface area contributed by atoms with Gasteiger partial charge >= 0.3 is 0 Å². The van der Waals surface area contributed by atoms with E-state index < -0.39 is 0 Å². The summed E-state index contributed by atoms with van der Waals surface area (Å²) in [6, 6.07) is 7.56. The number of hydrogen-bond donors (Lipinski definition) is 2. The zero-order valence-electron chi connectivity index (χ0n) is 8.40. The fraction of sp³-hybridized carbons (Fsp3) is 0.200. The SMILES string of the molecule is COCc1cccc(Nc2cc[nH]n2)n1. The molecule has 0 bridgehead atoms. The quantitative estimate of drug-likeness (QED) is 0.795. The molecule has 78 valence electrons. The monoisotopic (exact) mass is 204 g/mol. The van der Waals surface area contributed by atoms with Crippen LogP contribution in [0.3, 0.4) is 0 Å². The first-order valence-electron chi connectivity index (χ1n) is 4.60. The van der Waals surface area contributed by atoms with Crippen molar-refractivity contribution in [1.82, 2.24) is 15.2 Å². The fourth-order valence-corrected chi connectivity index (χ4v) is 1.24. The Morgan fingerprint density at radius 3 is 3.00 bits per heavy atom. The van der Waals surface area contributed by atoms with Crippen LogP contribution in [0, 0.1) is 0 Å². The Labute approximate surface area is 87.5 Å². The van der Waals surface area contributed by atoms with Crippen LogP contribution in [0.2, 0.25) is 0 Å². The Kier molecular flexibility index (Phi) is 2.94. The highest BCUT2D eigenvalue weighted by Gasteiger charge is 1.99. The molecule has 0 saturated heterocycles. The van der Waals surface area contributed by atoms with Gasteiger partial charge in [0.1, 0.15) is 5.82 Å². The maximum atomic E-state index is 5.01. The van der Waals surface area contributed by atoms with Crippen LogP contribution in [-0.2, 0) is 11.3 Å². The van der Waals surface area contributed by atoms with E-state index >= 15 is 0 Å². The van der Waals surface area contributed by atoms with Crippen molar-refractivity contribution in [1.29, 1.82) is 0 Å². The summed E-state index contributed by atoms with van der Waals surface area (Å²) < 4.78 is 5.01. The van der Waals surface area contributed by atoms with Gasteiger partial charge in [-0.2, -0.15) is 5.10 Å². The van der Waals surface area contributed by atoms with Crippen LogP contribution in [0.15, 0.2) is 30.5 Å². The van der Waals surface area contributed by atoms with E-state index in [9.17, 15) is 0 Å². The molecule has 5 heteroatoms. The summed E-state index contributed by atoms with van der Waals surface area (Å²) in [5.41, 5.74) is 0.887. The number of rotatable bonds is 4. The molecule has 2 aromatic rings. The van der Waals surface area contributed by atoms with E-state index in [0.29, 0.717) is 6.61 Å². The van der Waals surface area contributed by atoms with Crippen LogP contribution in [0.5, 0.6) is 0 Å². The van der Waals surface area contributed by atoms with Crippen LogP contribution >= 0.6 is 0 Å². The maximum Gasteiger partial charge on any atom is 0.153 e. The lowest BCUT2D eigenvalue weighted by Crippen LogP contribution is -1.98. The van der Waals surface area contributed by atoms with Gasteiger partial charge in [-0.05, 0) is 12.1 Å². The number of aromatic nitrogens is 3. The minimum absolute atomic E-state index is 0.510. The van der Waals surface area contributed by atoms with Gasteiger partial charge in [0, 0.05) is 19.4 Å². The summed E-state index contributed by atoms with van der Waals surface area (Å²) >= 11 is 0. The summed E-state index contributed by atoms with van der Waals surface area (Å²) in [6.45, 7) is 0.510. The van der Waals surface area contributed by atoms with Gasteiger partial charge in [-0.3, -0.25) is 5.10 Å². The fourth-order valence-electron chi connectivity index (χ4n) is 1.24. The van der Waals surface area contributed by atoms with Crippen molar-refractivity contribution >= 4 is 11.6 Å². The molecule has 0 fully saturated rings. The Balaban J connectivity index is 2.11. The molecule has 0 amide bonds. The predicted octanol–water partition coefficient (Wildman–Crippen LogP) is 1.69. The molecule has 0 aliphatic heterocycles. The first-order chi connectivity index (χ1) is 7.38. The van der Waals surface area contributed by atoms with Gasteiger partial charge < -0.3 is 10.1 Å². The highest BCUT2D eigenvalue weighted by atomic mass is 16.5. The summed E-state index contributed by atoms with van der Waals surface area (Å²) in [4.78, 5) is 4.35. The first kappa shape index (κ1) is 9.67. The number of nitrogens with one attached hydrogen (secondary N) is 2. The van der Waals surface area contributed by atoms with Crippen molar-refractivity contribution in [3.05, 3.63) is 36.2 Å². The van der Waals surface area contributed by atoms with Crippen LogP contribution in [0.4, 0.5) is 11.6 Å². The zero-order valence-corrected chi connectivity index (χ0v) is 8.40. The van der Waals surface area contributed by atoms with Gasteiger partial charge in [0.25, 0.3) is 0 Å². The number of anilines is 2. The molecular weight excluding hydrogens is 192 g/mol. The number of hydrogen-bond acceptors (Lipinski definition) is 4. The average molecular weight is 204 g/mol. The van der Waals surface area contributed by atoms with Crippen LogP contribution < -0.4 is 5.32 Å². The van der Waals surface area contributed by atoms with Gasteiger partial charge in [0.05, 0.1) is 12.3 Å². The van der Waals surface area contributed by atoms with E-state index in [-0.39, 0.29) is 0 Å². The van der Waals surface area contributed by atoms with Crippen molar-refractivity contribution in [3.63, 3.8) is 0 Å². The molecular formula is C10H12N4O. The first-order valence-corrected chi connectivity index (χ1v) is 4.60. The molecule has 0 aliphatic carbocycles. The molecule has 2 aromatic heterocycles. The Hall–Kier alpha value is -1.88. The molecule has 0 unspecified atom stereocenters. The van der Waals surface area contributed by atoms with Gasteiger partial charge in [-0.15, -0.1) is 0 Å². The number of methoxy groups -OCH3 is 1. The smallest absolute Gasteiger partial charge is 0.153 e. The van der Waals surface area contributed by atoms with Gasteiger partial charge in [-0.25, -0.2) is 4.98 Å².